The van der Waals surface area contributed by atoms with Gasteiger partial charge in [0, 0.05) is 5.69 Å². The quantitative estimate of drug-likeness (QED) is 0.441. The summed E-state index contributed by atoms with van der Waals surface area (Å²) in [7, 11) is 0. The second kappa shape index (κ2) is 7.06. The molecule has 1 unspecified atom stereocenters. The number of rotatable bonds is 4. The summed E-state index contributed by atoms with van der Waals surface area (Å²) in [5.74, 6) is 1.40. The molecule has 0 bridgehead atoms. The number of guanidine groups is 1. The Balaban J connectivity index is 0.00000176. The minimum absolute atomic E-state index is 0. The largest absolute Gasteiger partial charge is 0.491 e. The smallest absolute Gasteiger partial charge is 0.193 e. The number of halogens is 1. The third-order valence-electron chi connectivity index (χ3n) is 4.54. The lowest BCUT2D eigenvalue weighted by molar-refractivity contribution is 0.242. The standard InChI is InChI=1S/C17H25N3O.HI/c1-12(2)21-14-7-5-13(6-8-14)19-16(18)20-15-11-17(15)9-3-4-10-17;/h5-8,12,15H,3-4,9-11H2,1-2H3,(H3,18,19,20);1H. The molecule has 2 fully saturated rings. The highest BCUT2D eigenvalue weighted by Crippen LogP contribution is 2.59. The Bertz CT molecular complexity index is 521. The average Bonchev–Trinajstić information content (AvgIpc) is 2.86. The fraction of sp³-hybridized carbons (Fsp3) is 0.588. The molecule has 1 aromatic rings. The van der Waals surface area contributed by atoms with Crippen molar-refractivity contribution in [3.63, 3.8) is 0 Å². The molecular weight excluding hydrogens is 389 g/mol. The van der Waals surface area contributed by atoms with Crippen LogP contribution in [0, 0.1) is 5.41 Å². The van der Waals surface area contributed by atoms with E-state index in [2.05, 4.69) is 10.3 Å². The number of hydrogen-bond donors (Lipinski definition) is 2. The first-order valence-corrected chi connectivity index (χ1v) is 7.94. The Kier molecular flexibility index (Phi) is 5.58. The molecule has 2 aliphatic rings. The van der Waals surface area contributed by atoms with Gasteiger partial charge >= 0.3 is 0 Å². The Morgan fingerprint density at radius 3 is 2.50 bits per heavy atom. The molecule has 5 heteroatoms. The first-order valence-electron chi connectivity index (χ1n) is 7.94. The minimum atomic E-state index is 0. The number of nitrogens with zero attached hydrogens (tertiary/aromatic N) is 1. The van der Waals surface area contributed by atoms with Gasteiger partial charge in [-0.15, -0.1) is 24.0 Å². The topological polar surface area (TPSA) is 59.6 Å². The molecule has 0 aliphatic heterocycles. The Morgan fingerprint density at radius 1 is 1.27 bits per heavy atom. The zero-order valence-corrected chi connectivity index (χ0v) is 15.7. The third kappa shape index (κ3) is 4.06. The predicted molar refractivity (Wildman–Crippen MR) is 102 cm³/mol. The van der Waals surface area contributed by atoms with E-state index < -0.39 is 0 Å². The highest BCUT2D eigenvalue weighted by Gasteiger charge is 2.55. The Labute approximate surface area is 149 Å². The lowest BCUT2D eigenvalue weighted by Crippen LogP contribution is -2.23. The molecule has 122 valence electrons. The highest BCUT2D eigenvalue weighted by atomic mass is 127. The van der Waals surface area contributed by atoms with Crippen molar-refractivity contribution in [2.75, 3.05) is 5.32 Å². The number of aliphatic imine (C=N–C) groups is 1. The van der Waals surface area contributed by atoms with Gasteiger partial charge in [0.25, 0.3) is 0 Å². The van der Waals surface area contributed by atoms with Crippen molar-refractivity contribution < 1.29 is 4.74 Å². The van der Waals surface area contributed by atoms with Gasteiger partial charge in [-0.25, -0.2) is 4.99 Å². The van der Waals surface area contributed by atoms with E-state index in [4.69, 9.17) is 10.5 Å². The molecule has 3 rings (SSSR count). The number of ether oxygens (including phenoxy) is 1. The van der Waals surface area contributed by atoms with Gasteiger partial charge in [0.1, 0.15) is 5.75 Å². The molecule has 0 saturated heterocycles. The summed E-state index contributed by atoms with van der Waals surface area (Å²) >= 11 is 0. The van der Waals surface area contributed by atoms with Gasteiger partial charge in [-0.3, -0.25) is 0 Å². The summed E-state index contributed by atoms with van der Waals surface area (Å²) in [5.41, 5.74) is 7.48. The normalized spacial score (nSPS) is 22.5. The molecule has 2 aliphatic carbocycles. The maximum absolute atomic E-state index is 6.02. The van der Waals surface area contributed by atoms with Gasteiger partial charge in [0.2, 0.25) is 0 Å². The maximum atomic E-state index is 6.02. The molecule has 22 heavy (non-hydrogen) atoms. The van der Waals surface area contributed by atoms with Crippen LogP contribution >= 0.6 is 24.0 Å². The number of nitrogens with two attached hydrogens (primary N) is 1. The molecule has 1 aromatic carbocycles. The first kappa shape index (κ1) is 17.4. The van der Waals surface area contributed by atoms with Crippen LogP contribution in [-0.2, 0) is 0 Å². The van der Waals surface area contributed by atoms with Crippen molar-refractivity contribution in [1.82, 2.24) is 0 Å². The van der Waals surface area contributed by atoms with Crippen LogP contribution in [0.4, 0.5) is 5.69 Å². The van der Waals surface area contributed by atoms with E-state index in [1.165, 1.54) is 32.1 Å². The molecular formula is C17H26IN3O. The summed E-state index contributed by atoms with van der Waals surface area (Å²) in [5, 5.41) is 3.17. The summed E-state index contributed by atoms with van der Waals surface area (Å²) in [6, 6.07) is 8.28. The fourth-order valence-corrected chi connectivity index (χ4v) is 3.36. The second-order valence-electron chi connectivity index (χ2n) is 6.62. The zero-order valence-electron chi connectivity index (χ0n) is 13.3. The van der Waals surface area contributed by atoms with Crippen LogP contribution in [-0.4, -0.2) is 18.1 Å². The summed E-state index contributed by atoms with van der Waals surface area (Å²) in [6.07, 6.45) is 6.78. The van der Waals surface area contributed by atoms with Gasteiger partial charge in [-0.2, -0.15) is 0 Å². The summed E-state index contributed by atoms with van der Waals surface area (Å²) in [4.78, 5) is 4.64. The second-order valence-corrected chi connectivity index (χ2v) is 6.62. The van der Waals surface area contributed by atoms with Crippen molar-refractivity contribution in [2.45, 2.75) is 58.1 Å². The molecule has 0 aromatic heterocycles. The molecule has 1 atom stereocenters. The van der Waals surface area contributed by atoms with Crippen LogP contribution in [0.5, 0.6) is 5.75 Å². The number of benzene rings is 1. The van der Waals surface area contributed by atoms with Gasteiger partial charge in [0.05, 0.1) is 12.1 Å². The number of hydrogen-bond acceptors (Lipinski definition) is 2. The van der Waals surface area contributed by atoms with Gasteiger partial charge in [-0.1, -0.05) is 12.8 Å². The van der Waals surface area contributed by atoms with E-state index in [0.717, 1.165) is 11.4 Å². The van der Waals surface area contributed by atoms with E-state index in [9.17, 15) is 0 Å². The Hall–Kier alpha value is -0.980. The first-order chi connectivity index (χ1) is 10.1. The molecule has 0 radical (unpaired) electrons. The summed E-state index contributed by atoms with van der Waals surface area (Å²) in [6.45, 7) is 4.04. The highest BCUT2D eigenvalue weighted by molar-refractivity contribution is 14.0. The minimum Gasteiger partial charge on any atom is -0.491 e. The monoisotopic (exact) mass is 415 g/mol. The van der Waals surface area contributed by atoms with Crippen LogP contribution in [0.2, 0.25) is 0 Å². The van der Waals surface area contributed by atoms with Crippen LogP contribution in [0.25, 0.3) is 0 Å². The van der Waals surface area contributed by atoms with E-state index in [1.54, 1.807) is 0 Å². The lowest BCUT2D eigenvalue weighted by Gasteiger charge is -2.11. The van der Waals surface area contributed by atoms with E-state index >= 15 is 0 Å². The van der Waals surface area contributed by atoms with E-state index in [-0.39, 0.29) is 30.1 Å². The predicted octanol–water partition coefficient (Wildman–Crippen LogP) is 4.15. The molecule has 3 N–H and O–H groups in total. The summed E-state index contributed by atoms with van der Waals surface area (Å²) < 4.78 is 5.62. The van der Waals surface area contributed by atoms with E-state index in [1.807, 2.05) is 38.1 Å². The van der Waals surface area contributed by atoms with Gasteiger partial charge in [0.15, 0.2) is 5.96 Å². The van der Waals surface area contributed by atoms with Gasteiger partial charge < -0.3 is 15.8 Å². The van der Waals surface area contributed by atoms with Crippen molar-refractivity contribution in [3.8, 4) is 5.75 Å². The molecule has 2 saturated carbocycles. The average molecular weight is 415 g/mol. The molecule has 0 heterocycles. The van der Waals surface area contributed by atoms with Crippen LogP contribution < -0.4 is 15.8 Å². The van der Waals surface area contributed by atoms with Crippen molar-refractivity contribution in [1.29, 1.82) is 0 Å². The van der Waals surface area contributed by atoms with Crippen molar-refractivity contribution >= 4 is 35.6 Å². The zero-order chi connectivity index (χ0) is 14.9. The maximum Gasteiger partial charge on any atom is 0.193 e. The fourth-order valence-electron chi connectivity index (χ4n) is 3.36. The van der Waals surface area contributed by atoms with Crippen molar-refractivity contribution in [2.24, 2.45) is 16.1 Å². The van der Waals surface area contributed by atoms with Gasteiger partial charge in [-0.05, 0) is 62.8 Å². The van der Waals surface area contributed by atoms with E-state index in [0.29, 0.717) is 17.4 Å². The third-order valence-corrected chi connectivity index (χ3v) is 4.54. The SMILES string of the molecule is CC(C)Oc1ccc(NC(N)=NC2CC23CCCC3)cc1.I. The molecule has 0 amide bonds. The van der Waals surface area contributed by atoms with Crippen LogP contribution in [0.3, 0.4) is 0 Å². The number of nitrogens with one attached hydrogen (secondary N) is 1. The molecule has 1 spiro atoms. The molecule has 4 nitrogen and oxygen atoms in total. The number of anilines is 1. The van der Waals surface area contributed by atoms with Crippen molar-refractivity contribution in [3.05, 3.63) is 24.3 Å². The van der Waals surface area contributed by atoms with Crippen LogP contribution in [0.1, 0.15) is 46.0 Å². The Morgan fingerprint density at radius 2 is 1.91 bits per heavy atom. The van der Waals surface area contributed by atoms with Crippen LogP contribution in [0.15, 0.2) is 29.3 Å². The lowest BCUT2D eigenvalue weighted by atomic mass is 10.1.